The third-order valence-corrected chi connectivity index (χ3v) is 3.32. The normalized spacial score (nSPS) is 14.7. The summed E-state index contributed by atoms with van der Waals surface area (Å²) in [4.78, 5) is 4.11. The summed E-state index contributed by atoms with van der Waals surface area (Å²) in [6.07, 6.45) is -1.90. The van der Waals surface area contributed by atoms with Crippen LogP contribution in [0, 0.1) is 5.92 Å². The molecule has 1 aromatic carbocycles. The van der Waals surface area contributed by atoms with Gasteiger partial charge in [0, 0.05) is 5.56 Å². The Morgan fingerprint density at radius 3 is 2.73 bits per heavy atom. The number of benzene rings is 1. The second kappa shape index (κ2) is 6.66. The minimum absolute atomic E-state index is 0. The van der Waals surface area contributed by atoms with E-state index in [9.17, 15) is 13.2 Å². The fourth-order valence-corrected chi connectivity index (χ4v) is 1.98. The first-order valence-corrected chi connectivity index (χ1v) is 6.73. The number of alkyl halides is 3. The number of nitrogens with one attached hydrogen (secondary N) is 1. The van der Waals surface area contributed by atoms with E-state index >= 15 is 0 Å². The van der Waals surface area contributed by atoms with Crippen LogP contribution in [0.2, 0.25) is 0 Å². The van der Waals surface area contributed by atoms with E-state index in [1.165, 1.54) is 25.0 Å². The van der Waals surface area contributed by atoms with Gasteiger partial charge in [0.05, 0.1) is 12.1 Å². The molecule has 0 amide bonds. The predicted octanol–water partition coefficient (Wildman–Crippen LogP) is 3.68. The average Bonchev–Trinajstić information content (AvgIpc) is 3.14. The quantitative estimate of drug-likeness (QED) is 0.907. The highest BCUT2D eigenvalue weighted by Gasteiger charge is 2.30. The molecule has 1 saturated carbocycles. The predicted molar refractivity (Wildman–Crippen MR) is 76.4 cm³/mol. The van der Waals surface area contributed by atoms with Crippen LogP contribution >= 0.6 is 12.4 Å². The first-order valence-electron chi connectivity index (χ1n) is 6.73. The number of nitrogens with zero attached hydrogens (tertiary/aromatic N) is 2. The maximum Gasteiger partial charge on any atom is 0.416 e. The highest BCUT2D eigenvalue weighted by Crippen LogP contribution is 2.31. The highest BCUT2D eigenvalue weighted by molar-refractivity contribution is 5.85. The van der Waals surface area contributed by atoms with Crippen LogP contribution in [0.3, 0.4) is 0 Å². The van der Waals surface area contributed by atoms with Crippen LogP contribution in [0.25, 0.3) is 11.4 Å². The zero-order valence-electron chi connectivity index (χ0n) is 11.6. The molecule has 1 N–H and O–H groups in total. The first-order chi connectivity index (χ1) is 10.0. The standard InChI is InChI=1S/C14H14F3N3O.ClH/c15-14(16,17)11-3-1-2-10(6-11)13-19-12(21-20-13)8-18-7-9-4-5-9;/h1-3,6,9,18H,4-5,7-8H2;1H. The van der Waals surface area contributed by atoms with Crippen molar-refractivity contribution in [2.24, 2.45) is 5.92 Å². The molecule has 0 saturated heterocycles. The van der Waals surface area contributed by atoms with Gasteiger partial charge in [-0.2, -0.15) is 18.2 Å². The van der Waals surface area contributed by atoms with Gasteiger partial charge in [-0.1, -0.05) is 17.3 Å². The van der Waals surface area contributed by atoms with E-state index in [-0.39, 0.29) is 18.2 Å². The lowest BCUT2D eigenvalue weighted by Crippen LogP contribution is -2.16. The molecule has 120 valence electrons. The van der Waals surface area contributed by atoms with Gasteiger partial charge in [0.15, 0.2) is 0 Å². The van der Waals surface area contributed by atoms with Gasteiger partial charge in [-0.25, -0.2) is 0 Å². The molecule has 1 aromatic heterocycles. The Balaban J connectivity index is 0.00000176. The number of hydrogen-bond acceptors (Lipinski definition) is 4. The Morgan fingerprint density at radius 2 is 2.05 bits per heavy atom. The monoisotopic (exact) mass is 333 g/mol. The molecule has 0 radical (unpaired) electrons. The van der Waals surface area contributed by atoms with Crippen molar-refractivity contribution < 1.29 is 17.7 Å². The van der Waals surface area contributed by atoms with E-state index in [2.05, 4.69) is 15.5 Å². The van der Waals surface area contributed by atoms with Gasteiger partial charge in [-0.15, -0.1) is 12.4 Å². The van der Waals surface area contributed by atoms with Crippen LogP contribution in [0.1, 0.15) is 24.3 Å². The van der Waals surface area contributed by atoms with Crippen molar-refractivity contribution in [1.29, 1.82) is 0 Å². The molecule has 0 aliphatic heterocycles. The lowest BCUT2D eigenvalue weighted by molar-refractivity contribution is -0.137. The third-order valence-electron chi connectivity index (χ3n) is 3.32. The minimum Gasteiger partial charge on any atom is -0.338 e. The molecular formula is C14H15ClF3N3O. The topological polar surface area (TPSA) is 51.0 Å². The van der Waals surface area contributed by atoms with Crippen molar-refractivity contribution in [3.05, 3.63) is 35.7 Å². The number of aromatic nitrogens is 2. The number of hydrogen-bond donors (Lipinski definition) is 1. The van der Waals surface area contributed by atoms with Gasteiger partial charge >= 0.3 is 6.18 Å². The Morgan fingerprint density at radius 1 is 1.27 bits per heavy atom. The van der Waals surface area contributed by atoms with Crippen LogP contribution in [-0.2, 0) is 12.7 Å². The molecule has 1 heterocycles. The summed E-state index contributed by atoms with van der Waals surface area (Å²) in [7, 11) is 0. The largest absolute Gasteiger partial charge is 0.416 e. The summed E-state index contributed by atoms with van der Waals surface area (Å²) in [5.74, 6) is 1.28. The van der Waals surface area contributed by atoms with Gasteiger partial charge in [0.2, 0.25) is 11.7 Å². The summed E-state index contributed by atoms with van der Waals surface area (Å²) in [5, 5.41) is 6.92. The number of rotatable bonds is 5. The molecule has 22 heavy (non-hydrogen) atoms. The van der Waals surface area contributed by atoms with Crippen LogP contribution in [0.15, 0.2) is 28.8 Å². The molecule has 3 rings (SSSR count). The fourth-order valence-electron chi connectivity index (χ4n) is 1.98. The molecular weight excluding hydrogens is 319 g/mol. The summed E-state index contributed by atoms with van der Waals surface area (Å²) in [5.41, 5.74) is -0.430. The van der Waals surface area contributed by atoms with Gasteiger partial charge < -0.3 is 9.84 Å². The molecule has 0 spiro atoms. The maximum absolute atomic E-state index is 12.7. The highest BCUT2D eigenvalue weighted by atomic mass is 35.5. The minimum atomic E-state index is -4.38. The average molecular weight is 334 g/mol. The molecule has 1 fully saturated rings. The number of halogens is 4. The molecule has 2 aromatic rings. The zero-order chi connectivity index (χ0) is 14.9. The first kappa shape index (κ1) is 16.8. The van der Waals surface area contributed by atoms with E-state index in [1.807, 2.05) is 0 Å². The Hall–Kier alpha value is -1.60. The fraction of sp³-hybridized carbons (Fsp3) is 0.429. The van der Waals surface area contributed by atoms with Crippen molar-refractivity contribution in [3.63, 3.8) is 0 Å². The van der Waals surface area contributed by atoms with E-state index in [4.69, 9.17) is 4.52 Å². The van der Waals surface area contributed by atoms with Crippen LogP contribution in [0.5, 0.6) is 0 Å². The van der Waals surface area contributed by atoms with Gasteiger partial charge in [-0.3, -0.25) is 0 Å². The summed E-state index contributed by atoms with van der Waals surface area (Å²) < 4.78 is 43.0. The molecule has 1 aliphatic carbocycles. The van der Waals surface area contributed by atoms with Crippen molar-refractivity contribution in [1.82, 2.24) is 15.5 Å². The Bertz CT molecular complexity index is 626. The Kier molecular flexibility index (Phi) is 5.08. The van der Waals surface area contributed by atoms with Gasteiger partial charge in [0.25, 0.3) is 0 Å². The van der Waals surface area contributed by atoms with E-state index in [0.29, 0.717) is 18.0 Å². The van der Waals surface area contributed by atoms with Crippen LogP contribution in [-0.4, -0.2) is 16.7 Å². The van der Waals surface area contributed by atoms with Crippen LogP contribution < -0.4 is 5.32 Å². The molecule has 4 nitrogen and oxygen atoms in total. The van der Waals surface area contributed by atoms with Crippen molar-refractivity contribution in [2.75, 3.05) is 6.54 Å². The van der Waals surface area contributed by atoms with E-state index in [0.717, 1.165) is 24.6 Å². The molecule has 1 aliphatic rings. The van der Waals surface area contributed by atoms with E-state index in [1.54, 1.807) is 0 Å². The third kappa shape index (κ3) is 4.20. The SMILES string of the molecule is Cl.FC(F)(F)c1cccc(-c2noc(CNCC3CC3)n2)c1. The van der Waals surface area contributed by atoms with Crippen molar-refractivity contribution in [3.8, 4) is 11.4 Å². The smallest absolute Gasteiger partial charge is 0.338 e. The van der Waals surface area contributed by atoms with Crippen LogP contribution in [0.4, 0.5) is 13.2 Å². The summed E-state index contributed by atoms with van der Waals surface area (Å²) >= 11 is 0. The molecule has 8 heteroatoms. The molecule has 0 unspecified atom stereocenters. The summed E-state index contributed by atoms with van der Waals surface area (Å²) in [6, 6.07) is 4.90. The molecule has 0 atom stereocenters. The second-order valence-electron chi connectivity index (χ2n) is 5.16. The summed E-state index contributed by atoms with van der Waals surface area (Å²) in [6.45, 7) is 1.34. The Labute approximate surface area is 131 Å². The lowest BCUT2D eigenvalue weighted by Gasteiger charge is -2.06. The van der Waals surface area contributed by atoms with Gasteiger partial charge in [-0.05, 0) is 37.4 Å². The molecule has 0 bridgehead atoms. The maximum atomic E-state index is 12.7. The second-order valence-corrected chi connectivity index (χ2v) is 5.16. The van der Waals surface area contributed by atoms with Crippen molar-refractivity contribution >= 4 is 12.4 Å². The lowest BCUT2D eigenvalue weighted by atomic mass is 10.1. The van der Waals surface area contributed by atoms with Crippen molar-refractivity contribution in [2.45, 2.75) is 25.6 Å². The zero-order valence-corrected chi connectivity index (χ0v) is 12.4. The van der Waals surface area contributed by atoms with E-state index < -0.39 is 11.7 Å². The van der Waals surface area contributed by atoms with Gasteiger partial charge in [0.1, 0.15) is 0 Å².